The number of phenolic OH excluding ortho intramolecular Hbond substituents is 2. The number of fused-ring (bicyclic) bond motifs is 1. The maximum atomic E-state index is 13.7. The number of carbonyl (C=O) groups excluding carboxylic acids is 1. The zero-order valence-corrected chi connectivity index (χ0v) is 20.8. The Balaban J connectivity index is 1.69. The summed E-state index contributed by atoms with van der Waals surface area (Å²) in [6.45, 7) is 8.50. The van der Waals surface area contributed by atoms with Gasteiger partial charge in [-0.15, -0.1) is 0 Å². The molecule has 0 spiro atoms. The molecule has 0 bridgehead atoms. The van der Waals surface area contributed by atoms with Crippen LogP contribution in [0.15, 0.2) is 54.6 Å². The van der Waals surface area contributed by atoms with E-state index >= 15 is 0 Å². The SMILES string of the molecule is CCOc1cc(C2c3c(-c4c(C)cc(C)cc4O)n[nH]c3C(=O)N2Cc2ccc(C)cc2)ccc1O. The van der Waals surface area contributed by atoms with Crippen LogP contribution in [0.25, 0.3) is 11.3 Å². The lowest BCUT2D eigenvalue weighted by molar-refractivity contribution is 0.0730. The minimum Gasteiger partial charge on any atom is -0.507 e. The van der Waals surface area contributed by atoms with Crippen LogP contribution in [-0.4, -0.2) is 37.8 Å². The molecule has 36 heavy (non-hydrogen) atoms. The fourth-order valence-electron chi connectivity index (χ4n) is 5.01. The minimum absolute atomic E-state index is 0.0367. The largest absolute Gasteiger partial charge is 0.507 e. The molecule has 7 heteroatoms. The Hall–Kier alpha value is -4.26. The Morgan fingerprint density at radius 1 is 0.972 bits per heavy atom. The van der Waals surface area contributed by atoms with Crippen molar-refractivity contribution in [3.05, 3.63) is 93.7 Å². The summed E-state index contributed by atoms with van der Waals surface area (Å²) in [7, 11) is 0. The van der Waals surface area contributed by atoms with Crippen molar-refractivity contribution in [2.45, 2.75) is 40.3 Å². The average molecular weight is 484 g/mol. The number of phenols is 2. The number of aromatic nitrogens is 2. The molecule has 3 N–H and O–H groups in total. The Morgan fingerprint density at radius 3 is 2.42 bits per heavy atom. The molecular weight excluding hydrogens is 454 g/mol. The minimum atomic E-state index is -0.498. The van der Waals surface area contributed by atoms with Gasteiger partial charge in [0.1, 0.15) is 17.1 Å². The molecule has 1 atom stereocenters. The van der Waals surface area contributed by atoms with Crippen molar-refractivity contribution < 1.29 is 19.7 Å². The number of nitrogens with zero attached hydrogens (tertiary/aromatic N) is 2. The van der Waals surface area contributed by atoms with Crippen molar-refractivity contribution in [1.29, 1.82) is 0 Å². The van der Waals surface area contributed by atoms with Crippen molar-refractivity contribution >= 4 is 5.91 Å². The van der Waals surface area contributed by atoms with E-state index in [-0.39, 0.29) is 17.4 Å². The second-order valence-electron chi connectivity index (χ2n) is 9.32. The van der Waals surface area contributed by atoms with Crippen LogP contribution in [0, 0.1) is 20.8 Å². The summed E-state index contributed by atoms with van der Waals surface area (Å²) in [6, 6.07) is 16.4. The van der Waals surface area contributed by atoms with Crippen LogP contribution < -0.4 is 4.74 Å². The molecule has 1 unspecified atom stereocenters. The number of ether oxygens (including phenoxy) is 1. The van der Waals surface area contributed by atoms with Crippen LogP contribution >= 0.6 is 0 Å². The van der Waals surface area contributed by atoms with E-state index < -0.39 is 6.04 Å². The van der Waals surface area contributed by atoms with Crippen molar-refractivity contribution in [3.8, 4) is 28.5 Å². The Kier molecular flexibility index (Phi) is 5.92. The molecule has 1 aromatic heterocycles. The average Bonchev–Trinajstić information content (AvgIpc) is 3.36. The number of aryl methyl sites for hydroxylation is 3. The van der Waals surface area contributed by atoms with E-state index in [1.54, 1.807) is 29.2 Å². The molecule has 0 fully saturated rings. The lowest BCUT2D eigenvalue weighted by Gasteiger charge is -2.27. The second kappa shape index (κ2) is 9.07. The summed E-state index contributed by atoms with van der Waals surface area (Å²) in [6.07, 6.45) is 0. The van der Waals surface area contributed by atoms with Crippen LogP contribution in [0.2, 0.25) is 0 Å². The number of benzene rings is 3. The Bertz CT molecular complexity index is 1430. The van der Waals surface area contributed by atoms with Gasteiger partial charge in [-0.1, -0.05) is 42.0 Å². The molecular formula is C29H29N3O4. The van der Waals surface area contributed by atoms with Gasteiger partial charge in [0.2, 0.25) is 0 Å². The number of hydrogen-bond acceptors (Lipinski definition) is 5. The van der Waals surface area contributed by atoms with Gasteiger partial charge in [-0.05, 0) is 68.1 Å². The van der Waals surface area contributed by atoms with Crippen LogP contribution in [0.4, 0.5) is 0 Å². The number of hydrogen-bond donors (Lipinski definition) is 3. The normalized spacial score (nSPS) is 14.8. The van der Waals surface area contributed by atoms with E-state index in [1.165, 1.54) is 0 Å². The Morgan fingerprint density at radius 2 is 1.72 bits per heavy atom. The molecule has 1 amide bonds. The van der Waals surface area contributed by atoms with Crippen molar-refractivity contribution in [3.63, 3.8) is 0 Å². The van der Waals surface area contributed by atoms with Gasteiger partial charge in [-0.2, -0.15) is 5.10 Å². The molecule has 2 heterocycles. The van der Waals surface area contributed by atoms with E-state index in [1.807, 2.05) is 58.0 Å². The summed E-state index contributed by atoms with van der Waals surface area (Å²) in [5.41, 5.74) is 6.95. The zero-order chi connectivity index (χ0) is 25.6. The third-order valence-electron chi connectivity index (χ3n) is 6.63. The van der Waals surface area contributed by atoms with Crippen molar-refractivity contribution in [2.75, 3.05) is 6.61 Å². The molecule has 7 nitrogen and oxygen atoms in total. The highest BCUT2D eigenvalue weighted by Crippen LogP contribution is 2.47. The summed E-state index contributed by atoms with van der Waals surface area (Å²) >= 11 is 0. The first-order valence-electron chi connectivity index (χ1n) is 12.0. The smallest absolute Gasteiger partial charge is 0.273 e. The predicted octanol–water partition coefficient (Wildman–Crippen LogP) is 5.56. The molecule has 1 aliphatic heterocycles. The van der Waals surface area contributed by atoms with Crippen molar-refractivity contribution in [1.82, 2.24) is 15.1 Å². The molecule has 5 rings (SSSR count). The van der Waals surface area contributed by atoms with Crippen LogP contribution in [0.3, 0.4) is 0 Å². The molecule has 4 aromatic rings. The second-order valence-corrected chi connectivity index (χ2v) is 9.32. The van der Waals surface area contributed by atoms with E-state index in [0.29, 0.717) is 41.4 Å². The molecule has 0 radical (unpaired) electrons. The third kappa shape index (κ3) is 3.96. The standard InChI is InChI=1S/C29H29N3O4/c1-5-36-23-14-20(10-11-21(23)33)28-25-26(24-18(4)12-17(3)13-22(24)34)30-31-27(25)29(35)32(28)15-19-8-6-16(2)7-9-19/h6-14,28,33-34H,5,15H2,1-4H3,(H,30,31). The van der Waals surface area contributed by atoms with E-state index in [9.17, 15) is 15.0 Å². The van der Waals surface area contributed by atoms with Gasteiger partial charge < -0.3 is 19.8 Å². The van der Waals surface area contributed by atoms with E-state index in [2.05, 4.69) is 10.2 Å². The fourth-order valence-corrected chi connectivity index (χ4v) is 5.01. The van der Waals surface area contributed by atoms with E-state index in [0.717, 1.165) is 27.8 Å². The highest BCUT2D eigenvalue weighted by atomic mass is 16.5. The summed E-state index contributed by atoms with van der Waals surface area (Å²) in [5, 5.41) is 28.6. The molecule has 0 aliphatic carbocycles. The number of amides is 1. The summed E-state index contributed by atoms with van der Waals surface area (Å²) < 4.78 is 5.65. The van der Waals surface area contributed by atoms with Gasteiger partial charge in [-0.3, -0.25) is 9.89 Å². The molecule has 3 aromatic carbocycles. The number of carbonyl (C=O) groups is 1. The van der Waals surface area contributed by atoms with Gasteiger partial charge in [0, 0.05) is 17.7 Å². The van der Waals surface area contributed by atoms with Crippen LogP contribution in [-0.2, 0) is 6.54 Å². The highest BCUT2D eigenvalue weighted by molar-refractivity contribution is 6.00. The van der Waals surface area contributed by atoms with Gasteiger partial charge in [0.15, 0.2) is 11.5 Å². The Labute approximate surface area is 210 Å². The summed E-state index contributed by atoms with van der Waals surface area (Å²) in [4.78, 5) is 15.5. The maximum Gasteiger partial charge on any atom is 0.273 e. The number of nitrogens with one attached hydrogen (secondary N) is 1. The molecule has 0 saturated carbocycles. The molecule has 184 valence electrons. The lowest BCUT2D eigenvalue weighted by Crippen LogP contribution is -2.29. The highest BCUT2D eigenvalue weighted by Gasteiger charge is 2.43. The fraction of sp³-hybridized carbons (Fsp3) is 0.241. The van der Waals surface area contributed by atoms with Gasteiger partial charge >= 0.3 is 0 Å². The third-order valence-corrected chi connectivity index (χ3v) is 6.63. The van der Waals surface area contributed by atoms with Crippen LogP contribution in [0.1, 0.15) is 56.8 Å². The quantitative estimate of drug-likeness (QED) is 0.334. The zero-order valence-electron chi connectivity index (χ0n) is 20.8. The predicted molar refractivity (Wildman–Crippen MR) is 137 cm³/mol. The molecule has 0 saturated heterocycles. The first-order chi connectivity index (χ1) is 17.3. The van der Waals surface area contributed by atoms with E-state index in [4.69, 9.17) is 4.74 Å². The van der Waals surface area contributed by atoms with Gasteiger partial charge in [0.05, 0.1) is 12.6 Å². The summed E-state index contributed by atoms with van der Waals surface area (Å²) in [5.74, 6) is 0.329. The monoisotopic (exact) mass is 483 g/mol. The number of rotatable bonds is 6. The first-order valence-corrected chi connectivity index (χ1v) is 12.0. The van der Waals surface area contributed by atoms with Gasteiger partial charge in [-0.25, -0.2) is 0 Å². The first kappa shape index (κ1) is 23.5. The van der Waals surface area contributed by atoms with Crippen molar-refractivity contribution in [2.24, 2.45) is 0 Å². The van der Waals surface area contributed by atoms with Gasteiger partial charge in [0.25, 0.3) is 5.91 Å². The lowest BCUT2D eigenvalue weighted by atomic mass is 9.93. The molecule has 1 aliphatic rings. The number of H-pyrrole nitrogens is 1. The topological polar surface area (TPSA) is 98.7 Å². The maximum absolute atomic E-state index is 13.7. The number of aromatic amines is 1. The van der Waals surface area contributed by atoms with Crippen LogP contribution in [0.5, 0.6) is 17.2 Å². The number of aromatic hydroxyl groups is 2.